The molecule has 128 valence electrons. The van der Waals surface area contributed by atoms with E-state index in [9.17, 15) is 14.7 Å². The quantitative estimate of drug-likeness (QED) is 0.939. The van der Waals surface area contributed by atoms with E-state index in [1.165, 1.54) is 10.9 Å². The summed E-state index contributed by atoms with van der Waals surface area (Å²) >= 11 is 0. The second kappa shape index (κ2) is 6.67. The molecule has 1 aliphatic rings. The maximum atomic E-state index is 12.6. The Hall–Kier alpha value is -2.30. The van der Waals surface area contributed by atoms with Gasteiger partial charge in [-0.25, -0.2) is 0 Å². The largest absolute Gasteiger partial charge is 0.481 e. The van der Waals surface area contributed by atoms with Gasteiger partial charge in [0.05, 0.1) is 5.92 Å². The Morgan fingerprint density at radius 2 is 2.04 bits per heavy atom. The highest BCUT2D eigenvalue weighted by Crippen LogP contribution is 2.26. The van der Waals surface area contributed by atoms with Crippen molar-refractivity contribution < 1.29 is 14.7 Å². The molecule has 0 radical (unpaired) electrons. The third-order valence-electron chi connectivity index (χ3n) is 5.21. The molecule has 1 N–H and O–H groups in total. The molecule has 2 atom stereocenters. The minimum Gasteiger partial charge on any atom is -0.481 e. The zero-order valence-corrected chi connectivity index (χ0v) is 14.2. The van der Waals surface area contributed by atoms with Crippen molar-refractivity contribution in [3.05, 3.63) is 36.0 Å². The lowest BCUT2D eigenvalue weighted by Gasteiger charge is -2.37. The molecular weight excluding hydrogens is 304 g/mol. The van der Waals surface area contributed by atoms with Gasteiger partial charge in [-0.3, -0.25) is 9.59 Å². The first-order valence-electron chi connectivity index (χ1n) is 8.54. The molecule has 1 aromatic carbocycles. The van der Waals surface area contributed by atoms with Gasteiger partial charge >= 0.3 is 5.97 Å². The number of amides is 1. The van der Waals surface area contributed by atoms with Crippen molar-refractivity contribution in [2.24, 2.45) is 13.0 Å². The molecule has 0 unspecified atom stereocenters. The van der Waals surface area contributed by atoms with Gasteiger partial charge in [-0.15, -0.1) is 0 Å². The number of aromatic nitrogens is 1. The molecule has 5 heteroatoms. The van der Waals surface area contributed by atoms with Gasteiger partial charge in [-0.05, 0) is 37.8 Å². The number of carbonyl (C=O) groups excluding carboxylic acids is 1. The number of piperidine rings is 1. The number of benzene rings is 1. The molecule has 0 aliphatic carbocycles. The SMILES string of the molecule is C[C@@H]1[C@H](C(=O)O)CCCN1C(=O)CCc1cn(C)c2ccccc12. The Bertz CT molecular complexity index is 765. The zero-order valence-electron chi connectivity index (χ0n) is 14.2. The average molecular weight is 328 g/mol. The highest BCUT2D eigenvalue weighted by Gasteiger charge is 2.34. The molecule has 1 fully saturated rings. The molecule has 1 aromatic heterocycles. The second-order valence-corrected chi connectivity index (χ2v) is 6.70. The topological polar surface area (TPSA) is 62.5 Å². The van der Waals surface area contributed by atoms with Gasteiger partial charge in [0.15, 0.2) is 0 Å². The molecule has 3 rings (SSSR count). The molecule has 2 heterocycles. The van der Waals surface area contributed by atoms with Crippen molar-refractivity contribution in [1.29, 1.82) is 0 Å². The maximum absolute atomic E-state index is 12.6. The summed E-state index contributed by atoms with van der Waals surface area (Å²) < 4.78 is 2.08. The van der Waals surface area contributed by atoms with E-state index >= 15 is 0 Å². The minimum absolute atomic E-state index is 0.0568. The van der Waals surface area contributed by atoms with Gasteiger partial charge in [-0.1, -0.05) is 18.2 Å². The predicted molar refractivity (Wildman–Crippen MR) is 92.8 cm³/mol. The first kappa shape index (κ1) is 16.6. The number of rotatable bonds is 4. The fourth-order valence-electron chi connectivity index (χ4n) is 3.84. The summed E-state index contributed by atoms with van der Waals surface area (Å²) in [6, 6.07) is 7.96. The van der Waals surface area contributed by atoms with Crippen LogP contribution in [-0.2, 0) is 23.1 Å². The average Bonchev–Trinajstić information content (AvgIpc) is 2.89. The van der Waals surface area contributed by atoms with E-state index in [2.05, 4.69) is 22.9 Å². The lowest BCUT2D eigenvalue weighted by Crippen LogP contribution is -2.49. The summed E-state index contributed by atoms with van der Waals surface area (Å²) in [6.45, 7) is 2.52. The lowest BCUT2D eigenvalue weighted by molar-refractivity contribution is -0.149. The fourth-order valence-corrected chi connectivity index (χ4v) is 3.84. The number of carbonyl (C=O) groups is 2. The van der Waals surface area contributed by atoms with E-state index in [1.807, 2.05) is 26.1 Å². The van der Waals surface area contributed by atoms with Crippen LogP contribution in [-0.4, -0.2) is 39.0 Å². The minimum atomic E-state index is -0.797. The van der Waals surface area contributed by atoms with Crippen LogP contribution in [0, 0.1) is 5.92 Å². The Labute approximate surface area is 141 Å². The molecule has 5 nitrogen and oxygen atoms in total. The molecule has 2 aromatic rings. The van der Waals surface area contributed by atoms with Gasteiger partial charge in [0, 0.05) is 43.2 Å². The summed E-state index contributed by atoms with van der Waals surface area (Å²) in [5.41, 5.74) is 2.33. The summed E-state index contributed by atoms with van der Waals surface area (Å²) in [6.07, 6.45) is 4.61. The molecule has 0 saturated carbocycles. The number of fused-ring (bicyclic) bond motifs is 1. The summed E-state index contributed by atoms with van der Waals surface area (Å²) in [7, 11) is 2.01. The molecule has 0 spiro atoms. The van der Waals surface area contributed by atoms with Crippen molar-refractivity contribution in [3.8, 4) is 0 Å². The number of carboxylic acid groups (broad SMARTS) is 1. The van der Waals surface area contributed by atoms with Crippen LogP contribution in [0.1, 0.15) is 31.7 Å². The smallest absolute Gasteiger partial charge is 0.308 e. The fraction of sp³-hybridized carbons (Fsp3) is 0.474. The standard InChI is InChI=1S/C19H24N2O3/c1-13-15(19(23)24)7-5-11-21(13)18(22)10-9-14-12-20(2)17-8-4-3-6-16(14)17/h3-4,6,8,12-13,15H,5,7,9-11H2,1-2H3,(H,23,24)/t13-,15-/m1/s1. The first-order chi connectivity index (χ1) is 11.5. The Kier molecular flexibility index (Phi) is 4.60. The van der Waals surface area contributed by atoms with Crippen molar-refractivity contribution >= 4 is 22.8 Å². The molecule has 1 amide bonds. The van der Waals surface area contributed by atoms with Gasteiger partial charge in [0.1, 0.15) is 0 Å². The van der Waals surface area contributed by atoms with Gasteiger partial charge in [0.2, 0.25) is 5.91 Å². The zero-order chi connectivity index (χ0) is 17.3. The highest BCUT2D eigenvalue weighted by atomic mass is 16.4. The molecule has 24 heavy (non-hydrogen) atoms. The van der Waals surface area contributed by atoms with E-state index in [0.29, 0.717) is 25.8 Å². The normalized spacial score (nSPS) is 21.2. The number of carboxylic acids is 1. The van der Waals surface area contributed by atoms with Crippen molar-refractivity contribution in [1.82, 2.24) is 9.47 Å². The number of hydrogen-bond donors (Lipinski definition) is 1. The molecule has 1 aliphatic heterocycles. The van der Waals surface area contributed by atoms with Crippen molar-refractivity contribution in [2.45, 2.75) is 38.6 Å². The Balaban J connectivity index is 1.69. The predicted octanol–water partition coefficient (Wildman–Crippen LogP) is 2.82. The Morgan fingerprint density at radius 1 is 1.29 bits per heavy atom. The maximum Gasteiger partial charge on any atom is 0.308 e. The Morgan fingerprint density at radius 3 is 2.79 bits per heavy atom. The third-order valence-corrected chi connectivity index (χ3v) is 5.21. The van der Waals surface area contributed by atoms with E-state index in [4.69, 9.17) is 0 Å². The van der Waals surface area contributed by atoms with Crippen molar-refractivity contribution in [3.63, 3.8) is 0 Å². The number of likely N-dealkylation sites (tertiary alicyclic amines) is 1. The molecule has 1 saturated heterocycles. The van der Waals surface area contributed by atoms with Crippen LogP contribution >= 0.6 is 0 Å². The first-order valence-corrected chi connectivity index (χ1v) is 8.54. The van der Waals surface area contributed by atoms with E-state index < -0.39 is 11.9 Å². The van der Waals surface area contributed by atoms with Crippen molar-refractivity contribution in [2.75, 3.05) is 6.54 Å². The number of aliphatic carboxylic acids is 1. The van der Waals surface area contributed by atoms with Crippen LogP contribution in [0.15, 0.2) is 30.5 Å². The molecule has 0 bridgehead atoms. The van der Waals surface area contributed by atoms with Crippen LogP contribution in [0.3, 0.4) is 0 Å². The van der Waals surface area contributed by atoms with Gasteiger partial charge in [0.25, 0.3) is 0 Å². The van der Waals surface area contributed by atoms with E-state index in [1.54, 1.807) is 4.90 Å². The number of nitrogens with zero attached hydrogens (tertiary/aromatic N) is 2. The van der Waals surface area contributed by atoms with Crippen LogP contribution in [0.5, 0.6) is 0 Å². The van der Waals surface area contributed by atoms with E-state index in [0.717, 1.165) is 11.9 Å². The number of hydrogen-bond acceptors (Lipinski definition) is 2. The number of aryl methyl sites for hydroxylation is 2. The van der Waals surface area contributed by atoms with Crippen LogP contribution in [0.4, 0.5) is 0 Å². The number of para-hydroxylation sites is 1. The molecular formula is C19H24N2O3. The summed E-state index contributed by atoms with van der Waals surface area (Å²) in [5.74, 6) is -1.18. The van der Waals surface area contributed by atoms with Gasteiger partial charge in [-0.2, -0.15) is 0 Å². The lowest BCUT2D eigenvalue weighted by atomic mass is 9.90. The second-order valence-electron chi connectivity index (χ2n) is 6.70. The summed E-state index contributed by atoms with van der Waals surface area (Å²) in [4.78, 5) is 25.7. The highest BCUT2D eigenvalue weighted by molar-refractivity contribution is 5.85. The van der Waals surface area contributed by atoms with E-state index in [-0.39, 0.29) is 11.9 Å². The van der Waals surface area contributed by atoms with Gasteiger partial charge < -0.3 is 14.6 Å². The summed E-state index contributed by atoms with van der Waals surface area (Å²) in [5, 5.41) is 10.5. The monoisotopic (exact) mass is 328 g/mol. The van der Waals surface area contributed by atoms with Crippen LogP contribution in [0.25, 0.3) is 10.9 Å². The van der Waals surface area contributed by atoms with Crippen LogP contribution in [0.2, 0.25) is 0 Å². The third kappa shape index (κ3) is 3.03. The van der Waals surface area contributed by atoms with Crippen LogP contribution < -0.4 is 0 Å².